The molecule has 0 aromatic carbocycles. The van der Waals surface area contributed by atoms with E-state index in [1.165, 1.54) is 12.8 Å². The number of amides is 1. The molecule has 1 aliphatic carbocycles. The summed E-state index contributed by atoms with van der Waals surface area (Å²) in [6.45, 7) is 3.94. The minimum Gasteiger partial charge on any atom is -0.348 e. The first-order chi connectivity index (χ1) is 10.3. The summed E-state index contributed by atoms with van der Waals surface area (Å²) in [4.78, 5) is 22.5. The number of imidazole rings is 1. The Hall–Kier alpha value is -0.780. The van der Waals surface area contributed by atoms with Crippen molar-refractivity contribution in [3.63, 3.8) is 0 Å². The van der Waals surface area contributed by atoms with Crippen molar-refractivity contribution in [2.45, 2.75) is 38.0 Å². The molecule has 23 heavy (non-hydrogen) atoms. The van der Waals surface area contributed by atoms with E-state index in [-0.39, 0.29) is 24.8 Å². The molecule has 4 rings (SSSR count). The number of carbonyl (C=O) groups is 1. The number of aromatic nitrogens is 2. The Morgan fingerprint density at radius 2 is 2.09 bits per heavy atom. The number of hydrogen-bond acceptors (Lipinski definition) is 3. The van der Waals surface area contributed by atoms with E-state index in [4.69, 9.17) is 0 Å². The lowest BCUT2D eigenvalue weighted by Gasteiger charge is -2.33. The van der Waals surface area contributed by atoms with Crippen molar-refractivity contribution in [2.24, 2.45) is 11.3 Å². The second-order valence-electron chi connectivity index (χ2n) is 6.97. The molecule has 2 N–H and O–H groups in total. The van der Waals surface area contributed by atoms with Crippen molar-refractivity contribution >= 4 is 30.7 Å². The SMILES string of the molecule is Cl.Cl.O=C(C1CC12CCNCC2)N1CCCC(c2ncc[nH]2)C1. The lowest BCUT2D eigenvalue weighted by molar-refractivity contribution is -0.134. The number of halogens is 2. The highest BCUT2D eigenvalue weighted by Gasteiger charge is 2.58. The van der Waals surface area contributed by atoms with Gasteiger partial charge in [0.1, 0.15) is 5.82 Å². The first kappa shape index (κ1) is 18.6. The van der Waals surface area contributed by atoms with Crippen LogP contribution in [0, 0.1) is 11.3 Å². The number of carbonyl (C=O) groups excluding carboxylic acids is 1. The van der Waals surface area contributed by atoms with Crippen LogP contribution >= 0.6 is 24.8 Å². The van der Waals surface area contributed by atoms with Crippen LogP contribution in [-0.4, -0.2) is 47.0 Å². The Morgan fingerprint density at radius 1 is 1.30 bits per heavy atom. The van der Waals surface area contributed by atoms with Crippen LogP contribution in [0.2, 0.25) is 0 Å². The second-order valence-corrected chi connectivity index (χ2v) is 6.97. The molecule has 1 aromatic rings. The normalized spacial score (nSPS) is 28.6. The lowest BCUT2D eigenvalue weighted by Crippen LogP contribution is -2.42. The molecule has 3 aliphatic rings. The zero-order valence-corrected chi connectivity index (χ0v) is 14.9. The van der Waals surface area contributed by atoms with Crippen LogP contribution in [0.4, 0.5) is 0 Å². The van der Waals surface area contributed by atoms with E-state index >= 15 is 0 Å². The predicted molar refractivity (Wildman–Crippen MR) is 94.3 cm³/mol. The van der Waals surface area contributed by atoms with Gasteiger partial charge < -0.3 is 15.2 Å². The molecule has 2 saturated heterocycles. The molecule has 2 atom stereocenters. The smallest absolute Gasteiger partial charge is 0.226 e. The fourth-order valence-corrected chi connectivity index (χ4v) is 4.30. The second kappa shape index (κ2) is 7.41. The van der Waals surface area contributed by atoms with Crippen molar-refractivity contribution < 1.29 is 4.79 Å². The number of hydrogen-bond donors (Lipinski definition) is 2. The van der Waals surface area contributed by atoms with E-state index in [1.54, 1.807) is 6.20 Å². The van der Waals surface area contributed by atoms with E-state index in [1.807, 2.05) is 6.20 Å². The summed E-state index contributed by atoms with van der Waals surface area (Å²) < 4.78 is 0. The summed E-state index contributed by atoms with van der Waals surface area (Å²) in [6, 6.07) is 0. The Kier molecular flexibility index (Phi) is 5.98. The maximum atomic E-state index is 12.8. The molecule has 7 heteroatoms. The van der Waals surface area contributed by atoms with Gasteiger partial charge in [-0.2, -0.15) is 0 Å². The predicted octanol–water partition coefficient (Wildman–Crippen LogP) is 2.35. The van der Waals surface area contributed by atoms with Gasteiger partial charge in [0, 0.05) is 37.3 Å². The highest BCUT2D eigenvalue weighted by Crippen LogP contribution is 2.59. The summed E-state index contributed by atoms with van der Waals surface area (Å²) in [5, 5.41) is 3.41. The third-order valence-electron chi connectivity index (χ3n) is 5.73. The minimum absolute atomic E-state index is 0. The lowest BCUT2D eigenvalue weighted by atomic mass is 9.91. The van der Waals surface area contributed by atoms with Gasteiger partial charge >= 0.3 is 0 Å². The zero-order chi connectivity index (χ0) is 14.3. The average molecular weight is 361 g/mol. The van der Waals surface area contributed by atoms with Crippen molar-refractivity contribution in [1.29, 1.82) is 0 Å². The molecular weight excluding hydrogens is 335 g/mol. The molecule has 2 aliphatic heterocycles. The molecule has 2 unspecified atom stereocenters. The van der Waals surface area contributed by atoms with Gasteiger partial charge in [-0.05, 0) is 50.6 Å². The molecule has 1 amide bonds. The molecule has 1 spiro atoms. The molecular formula is C16H26Cl2N4O. The Balaban J connectivity index is 0.000000960. The third kappa shape index (κ3) is 3.52. The van der Waals surface area contributed by atoms with Crippen molar-refractivity contribution in [3.05, 3.63) is 18.2 Å². The molecule has 5 nitrogen and oxygen atoms in total. The van der Waals surface area contributed by atoms with Gasteiger partial charge in [0.05, 0.1) is 0 Å². The first-order valence-corrected chi connectivity index (χ1v) is 8.27. The van der Waals surface area contributed by atoms with Crippen LogP contribution in [0.15, 0.2) is 12.4 Å². The van der Waals surface area contributed by atoms with Crippen LogP contribution in [0.3, 0.4) is 0 Å². The van der Waals surface area contributed by atoms with Gasteiger partial charge in [-0.1, -0.05) is 0 Å². The van der Waals surface area contributed by atoms with Crippen molar-refractivity contribution in [3.8, 4) is 0 Å². The van der Waals surface area contributed by atoms with Crippen molar-refractivity contribution in [2.75, 3.05) is 26.2 Å². The van der Waals surface area contributed by atoms with E-state index < -0.39 is 0 Å². The number of aromatic amines is 1. The van der Waals surface area contributed by atoms with Crippen LogP contribution in [0.5, 0.6) is 0 Å². The number of H-pyrrole nitrogens is 1. The van der Waals surface area contributed by atoms with Crippen LogP contribution in [-0.2, 0) is 4.79 Å². The number of nitrogens with zero attached hydrogens (tertiary/aromatic N) is 2. The van der Waals surface area contributed by atoms with Gasteiger partial charge in [-0.15, -0.1) is 24.8 Å². The summed E-state index contributed by atoms with van der Waals surface area (Å²) in [7, 11) is 0. The fraction of sp³-hybridized carbons (Fsp3) is 0.750. The van der Waals surface area contributed by atoms with Gasteiger partial charge in [0.25, 0.3) is 0 Å². The molecule has 3 fully saturated rings. The molecule has 0 bridgehead atoms. The minimum atomic E-state index is 0. The van der Waals surface area contributed by atoms with Crippen LogP contribution in [0.25, 0.3) is 0 Å². The van der Waals surface area contributed by atoms with Gasteiger partial charge in [0.15, 0.2) is 0 Å². The van der Waals surface area contributed by atoms with Gasteiger partial charge in [-0.25, -0.2) is 4.98 Å². The molecule has 1 saturated carbocycles. The summed E-state index contributed by atoms with van der Waals surface area (Å²) >= 11 is 0. The zero-order valence-electron chi connectivity index (χ0n) is 13.3. The quantitative estimate of drug-likeness (QED) is 0.850. The topological polar surface area (TPSA) is 61.0 Å². The highest BCUT2D eigenvalue weighted by molar-refractivity contribution is 5.85. The van der Waals surface area contributed by atoms with Gasteiger partial charge in [0.2, 0.25) is 5.91 Å². The first-order valence-electron chi connectivity index (χ1n) is 8.27. The Morgan fingerprint density at radius 3 is 2.78 bits per heavy atom. The van der Waals surface area contributed by atoms with Gasteiger partial charge in [-0.3, -0.25) is 4.79 Å². The molecule has 130 valence electrons. The largest absolute Gasteiger partial charge is 0.348 e. The van der Waals surface area contributed by atoms with Crippen molar-refractivity contribution in [1.82, 2.24) is 20.2 Å². The number of nitrogens with one attached hydrogen (secondary N) is 2. The number of rotatable bonds is 2. The van der Waals surface area contributed by atoms with E-state index in [0.717, 1.165) is 51.3 Å². The molecule has 0 radical (unpaired) electrons. The summed E-state index contributed by atoms with van der Waals surface area (Å²) in [5.41, 5.74) is 0.347. The van der Waals surface area contributed by atoms with E-state index in [2.05, 4.69) is 20.2 Å². The highest BCUT2D eigenvalue weighted by atomic mass is 35.5. The van der Waals surface area contributed by atoms with E-state index in [0.29, 0.717) is 23.2 Å². The monoisotopic (exact) mass is 360 g/mol. The third-order valence-corrected chi connectivity index (χ3v) is 5.73. The van der Waals surface area contributed by atoms with Crippen LogP contribution < -0.4 is 5.32 Å². The molecule has 1 aromatic heterocycles. The average Bonchev–Trinajstić information content (AvgIpc) is 2.99. The number of likely N-dealkylation sites (tertiary alicyclic amines) is 1. The molecule has 3 heterocycles. The fourth-order valence-electron chi connectivity index (χ4n) is 4.30. The number of piperidine rings is 2. The standard InChI is InChI=1S/C16H24N4O.2ClH/c21-15(13-10-16(13)3-5-17-6-4-16)20-9-1-2-12(11-20)14-18-7-8-19-14;;/h7-8,12-13,17H,1-6,9-11H2,(H,18,19);2*1H. The maximum Gasteiger partial charge on any atom is 0.226 e. The summed E-state index contributed by atoms with van der Waals surface area (Å²) in [5.74, 6) is 2.14. The maximum absolute atomic E-state index is 12.8. The van der Waals surface area contributed by atoms with Crippen LogP contribution in [0.1, 0.15) is 43.8 Å². The summed E-state index contributed by atoms with van der Waals surface area (Å²) in [6.07, 6.45) is 9.39. The Labute approximate surface area is 149 Å². The Bertz CT molecular complexity index is 516. The van der Waals surface area contributed by atoms with E-state index in [9.17, 15) is 4.79 Å².